The van der Waals surface area contributed by atoms with Crippen LogP contribution in [0.4, 0.5) is 0 Å². The molecule has 1 heterocycles. The lowest BCUT2D eigenvalue weighted by Gasteiger charge is -2.39. The van der Waals surface area contributed by atoms with Crippen molar-refractivity contribution in [3.8, 4) is 0 Å². The minimum absolute atomic E-state index is 0.340. The molecule has 0 aromatic carbocycles. The Morgan fingerprint density at radius 2 is 2.12 bits per heavy atom. The molecule has 1 amide bonds. The van der Waals surface area contributed by atoms with Gasteiger partial charge in [-0.3, -0.25) is 9.69 Å². The van der Waals surface area contributed by atoms with Crippen LogP contribution in [0, 0.1) is 0 Å². The van der Waals surface area contributed by atoms with Crippen LogP contribution in [0.2, 0.25) is 0 Å². The molecule has 1 aliphatic heterocycles. The molecular formula is C12H23BrN2O. The number of amides is 1. The molecule has 1 aliphatic rings. The average Bonchev–Trinajstić information content (AvgIpc) is 2.30. The average molecular weight is 291 g/mol. The van der Waals surface area contributed by atoms with E-state index in [-0.39, 0.29) is 0 Å². The summed E-state index contributed by atoms with van der Waals surface area (Å²) in [5.41, 5.74) is 0. The zero-order chi connectivity index (χ0) is 12.0. The fraction of sp³-hybridized carbons (Fsp3) is 0.917. The van der Waals surface area contributed by atoms with Crippen LogP contribution in [0.5, 0.6) is 0 Å². The Kier molecular flexibility index (Phi) is 6.36. The number of carbonyl (C=O) groups is 1. The number of hydrogen-bond acceptors (Lipinski definition) is 2. The van der Waals surface area contributed by atoms with Crippen molar-refractivity contribution < 1.29 is 4.79 Å². The van der Waals surface area contributed by atoms with Crippen molar-refractivity contribution in [1.82, 2.24) is 9.80 Å². The first kappa shape index (κ1) is 14.0. The standard InChI is InChI=1S/C12H23BrN2O/c1-3-11-10-15(9-8-14(11)2)12(16)6-4-5-7-13/h11H,3-10H2,1-2H3. The number of carbonyl (C=O) groups excluding carboxylic acids is 1. The number of hydrogen-bond donors (Lipinski definition) is 0. The highest BCUT2D eigenvalue weighted by molar-refractivity contribution is 9.09. The van der Waals surface area contributed by atoms with Crippen molar-refractivity contribution >= 4 is 21.8 Å². The minimum Gasteiger partial charge on any atom is -0.340 e. The lowest BCUT2D eigenvalue weighted by molar-refractivity contribution is -0.134. The second-order valence-corrected chi connectivity index (χ2v) is 5.32. The first-order valence-electron chi connectivity index (χ1n) is 6.23. The number of unbranched alkanes of at least 4 members (excludes halogenated alkanes) is 1. The highest BCUT2D eigenvalue weighted by Gasteiger charge is 2.25. The van der Waals surface area contributed by atoms with Crippen molar-refractivity contribution in [2.24, 2.45) is 0 Å². The van der Waals surface area contributed by atoms with E-state index in [1.54, 1.807) is 0 Å². The Hall–Kier alpha value is -0.0900. The van der Waals surface area contributed by atoms with Gasteiger partial charge in [0.2, 0.25) is 5.91 Å². The maximum Gasteiger partial charge on any atom is 0.222 e. The molecule has 0 spiro atoms. The molecule has 16 heavy (non-hydrogen) atoms. The fourth-order valence-corrected chi connectivity index (χ4v) is 2.54. The Balaban J connectivity index is 2.33. The van der Waals surface area contributed by atoms with Gasteiger partial charge in [-0.05, 0) is 26.3 Å². The van der Waals surface area contributed by atoms with E-state index in [0.717, 1.165) is 44.2 Å². The second-order valence-electron chi connectivity index (χ2n) is 4.53. The largest absolute Gasteiger partial charge is 0.340 e. The van der Waals surface area contributed by atoms with Crippen LogP contribution in [-0.2, 0) is 4.79 Å². The third-order valence-electron chi connectivity index (χ3n) is 3.38. The first-order valence-corrected chi connectivity index (χ1v) is 7.35. The van der Waals surface area contributed by atoms with Gasteiger partial charge in [-0.2, -0.15) is 0 Å². The van der Waals surface area contributed by atoms with Gasteiger partial charge in [0.25, 0.3) is 0 Å². The van der Waals surface area contributed by atoms with Crippen molar-refractivity contribution in [2.45, 2.75) is 38.6 Å². The highest BCUT2D eigenvalue weighted by atomic mass is 79.9. The molecule has 1 fully saturated rings. The molecule has 0 aliphatic carbocycles. The van der Waals surface area contributed by atoms with Crippen LogP contribution < -0.4 is 0 Å². The SMILES string of the molecule is CCC1CN(C(=O)CCCCBr)CCN1C. The van der Waals surface area contributed by atoms with Crippen LogP contribution >= 0.6 is 15.9 Å². The van der Waals surface area contributed by atoms with Gasteiger partial charge in [0.15, 0.2) is 0 Å². The summed E-state index contributed by atoms with van der Waals surface area (Å²) in [6.07, 6.45) is 3.94. The molecule has 1 rings (SSSR count). The van der Waals surface area contributed by atoms with Gasteiger partial charge >= 0.3 is 0 Å². The van der Waals surface area contributed by atoms with Crippen molar-refractivity contribution in [3.63, 3.8) is 0 Å². The first-order chi connectivity index (χ1) is 7.69. The smallest absolute Gasteiger partial charge is 0.222 e. The van der Waals surface area contributed by atoms with E-state index in [1.807, 2.05) is 4.90 Å². The topological polar surface area (TPSA) is 23.6 Å². The van der Waals surface area contributed by atoms with Gasteiger partial charge < -0.3 is 4.90 Å². The number of rotatable bonds is 5. The maximum atomic E-state index is 11.9. The molecule has 94 valence electrons. The van der Waals surface area contributed by atoms with E-state index in [2.05, 4.69) is 34.8 Å². The van der Waals surface area contributed by atoms with Crippen molar-refractivity contribution in [1.29, 1.82) is 0 Å². The van der Waals surface area contributed by atoms with Gasteiger partial charge in [-0.1, -0.05) is 22.9 Å². The lowest BCUT2D eigenvalue weighted by atomic mass is 10.1. The van der Waals surface area contributed by atoms with Gasteiger partial charge in [-0.25, -0.2) is 0 Å². The molecule has 0 radical (unpaired) electrons. The summed E-state index contributed by atoms with van der Waals surface area (Å²) in [7, 11) is 2.15. The molecule has 3 nitrogen and oxygen atoms in total. The van der Waals surface area contributed by atoms with Crippen LogP contribution in [0.1, 0.15) is 32.6 Å². The monoisotopic (exact) mass is 290 g/mol. The van der Waals surface area contributed by atoms with E-state index < -0.39 is 0 Å². The Morgan fingerprint density at radius 3 is 2.75 bits per heavy atom. The van der Waals surface area contributed by atoms with Crippen molar-refractivity contribution in [2.75, 3.05) is 32.0 Å². The van der Waals surface area contributed by atoms with Crippen LogP contribution in [0.15, 0.2) is 0 Å². The number of likely N-dealkylation sites (N-methyl/N-ethyl adjacent to an activating group) is 1. The normalized spacial score (nSPS) is 22.4. The zero-order valence-electron chi connectivity index (χ0n) is 10.4. The summed E-state index contributed by atoms with van der Waals surface area (Å²) in [5, 5.41) is 1.00. The predicted octanol–water partition coefficient (Wildman–Crippen LogP) is 2.10. The van der Waals surface area contributed by atoms with Gasteiger partial charge in [0, 0.05) is 37.4 Å². The third kappa shape index (κ3) is 4.06. The number of alkyl halides is 1. The maximum absolute atomic E-state index is 11.9. The summed E-state index contributed by atoms with van der Waals surface area (Å²) < 4.78 is 0. The summed E-state index contributed by atoms with van der Waals surface area (Å²) in [5.74, 6) is 0.340. The van der Waals surface area contributed by atoms with Gasteiger partial charge in [0.05, 0.1) is 0 Å². The van der Waals surface area contributed by atoms with E-state index >= 15 is 0 Å². The van der Waals surface area contributed by atoms with Crippen molar-refractivity contribution in [3.05, 3.63) is 0 Å². The number of halogens is 1. The molecule has 0 bridgehead atoms. The summed E-state index contributed by atoms with van der Waals surface area (Å²) in [6, 6.07) is 0.550. The van der Waals surface area contributed by atoms with E-state index in [0.29, 0.717) is 18.4 Å². The van der Waals surface area contributed by atoms with E-state index in [1.165, 1.54) is 0 Å². The Labute approximate surface area is 107 Å². The van der Waals surface area contributed by atoms with E-state index in [9.17, 15) is 4.79 Å². The van der Waals surface area contributed by atoms with E-state index in [4.69, 9.17) is 0 Å². The zero-order valence-corrected chi connectivity index (χ0v) is 12.0. The predicted molar refractivity (Wildman–Crippen MR) is 70.9 cm³/mol. The molecule has 1 atom stereocenters. The second kappa shape index (κ2) is 7.28. The molecule has 1 unspecified atom stereocenters. The highest BCUT2D eigenvalue weighted by Crippen LogP contribution is 2.12. The minimum atomic E-state index is 0.340. The van der Waals surface area contributed by atoms with Gasteiger partial charge in [0.1, 0.15) is 0 Å². The quantitative estimate of drug-likeness (QED) is 0.572. The number of piperazine rings is 1. The van der Waals surface area contributed by atoms with Crippen LogP contribution in [0.25, 0.3) is 0 Å². The molecule has 4 heteroatoms. The summed E-state index contributed by atoms with van der Waals surface area (Å²) >= 11 is 3.39. The third-order valence-corrected chi connectivity index (χ3v) is 3.94. The molecule has 0 N–H and O–H groups in total. The summed E-state index contributed by atoms with van der Waals surface area (Å²) in [6.45, 7) is 5.03. The van der Waals surface area contributed by atoms with Gasteiger partial charge in [-0.15, -0.1) is 0 Å². The molecule has 0 aromatic heterocycles. The van der Waals surface area contributed by atoms with Crippen LogP contribution in [-0.4, -0.2) is 53.8 Å². The Bertz CT molecular complexity index is 223. The Morgan fingerprint density at radius 1 is 1.38 bits per heavy atom. The lowest BCUT2D eigenvalue weighted by Crippen LogP contribution is -2.52. The fourth-order valence-electron chi connectivity index (χ4n) is 2.14. The molecular weight excluding hydrogens is 268 g/mol. The molecule has 1 saturated heterocycles. The molecule has 0 aromatic rings. The summed E-state index contributed by atoms with van der Waals surface area (Å²) in [4.78, 5) is 16.3. The van der Waals surface area contributed by atoms with Crippen LogP contribution in [0.3, 0.4) is 0 Å². The molecule has 0 saturated carbocycles. The number of nitrogens with zero attached hydrogens (tertiary/aromatic N) is 2.